The van der Waals surface area contributed by atoms with Gasteiger partial charge in [-0.1, -0.05) is 13.8 Å². The molecular weight excluding hydrogens is 344 g/mol. The summed E-state index contributed by atoms with van der Waals surface area (Å²) in [7, 11) is -3.59. The Morgan fingerprint density at radius 2 is 2.00 bits per heavy atom. The third-order valence-electron chi connectivity index (χ3n) is 3.41. The molecule has 6 nitrogen and oxygen atoms in total. The molecule has 0 aliphatic carbocycles. The van der Waals surface area contributed by atoms with Gasteiger partial charge in [0.1, 0.15) is 4.90 Å². The van der Waals surface area contributed by atoms with E-state index in [-0.39, 0.29) is 10.7 Å². The summed E-state index contributed by atoms with van der Waals surface area (Å²) in [5.74, 6) is 6.24. The van der Waals surface area contributed by atoms with Gasteiger partial charge in [-0.15, -0.1) is 0 Å². The number of nitrogens with one attached hydrogen (secondary N) is 1. The van der Waals surface area contributed by atoms with Gasteiger partial charge >= 0.3 is 0 Å². The Bertz CT molecular complexity index is 583. The van der Waals surface area contributed by atoms with Crippen LogP contribution in [0.4, 0.5) is 5.82 Å². The standard InChI is InChI=1S/C12H19BrN4O2S/c1-8-3-9(2)7-17(6-8)20(18,19)11-4-10(13)5-15-12(11)16-14/h4-5,8-9H,3,6-7,14H2,1-2H3,(H,15,16). The van der Waals surface area contributed by atoms with E-state index in [1.165, 1.54) is 16.6 Å². The number of hydrazine groups is 1. The van der Waals surface area contributed by atoms with Gasteiger partial charge < -0.3 is 5.43 Å². The van der Waals surface area contributed by atoms with Crippen molar-refractivity contribution in [1.82, 2.24) is 9.29 Å². The van der Waals surface area contributed by atoms with Gasteiger partial charge in [0.25, 0.3) is 0 Å². The van der Waals surface area contributed by atoms with Gasteiger partial charge in [-0.05, 0) is 40.3 Å². The van der Waals surface area contributed by atoms with Crippen LogP contribution >= 0.6 is 15.9 Å². The number of nitrogens with two attached hydrogens (primary N) is 1. The van der Waals surface area contributed by atoms with Crippen LogP contribution in [0.1, 0.15) is 20.3 Å². The molecule has 1 fully saturated rings. The molecule has 2 rings (SSSR count). The third-order valence-corrected chi connectivity index (χ3v) is 5.69. The Hall–Kier alpha value is -0.700. The molecule has 1 aliphatic rings. The minimum Gasteiger partial charge on any atom is -0.307 e. The van der Waals surface area contributed by atoms with Crippen LogP contribution in [-0.4, -0.2) is 30.8 Å². The summed E-state index contributed by atoms with van der Waals surface area (Å²) in [5.41, 5.74) is 2.35. The van der Waals surface area contributed by atoms with Crippen molar-refractivity contribution in [1.29, 1.82) is 0 Å². The first-order valence-electron chi connectivity index (χ1n) is 6.47. The van der Waals surface area contributed by atoms with E-state index in [1.807, 2.05) is 0 Å². The molecule has 0 radical (unpaired) electrons. The van der Waals surface area contributed by atoms with Crippen molar-refractivity contribution in [3.63, 3.8) is 0 Å². The van der Waals surface area contributed by atoms with E-state index in [0.717, 1.165) is 6.42 Å². The van der Waals surface area contributed by atoms with Gasteiger partial charge in [-0.2, -0.15) is 4.31 Å². The summed E-state index contributed by atoms with van der Waals surface area (Å²) in [6.45, 7) is 5.20. The summed E-state index contributed by atoms with van der Waals surface area (Å²) in [4.78, 5) is 4.11. The molecule has 2 atom stereocenters. The summed E-state index contributed by atoms with van der Waals surface area (Å²) in [5, 5.41) is 0. The number of aromatic nitrogens is 1. The number of piperidine rings is 1. The number of rotatable bonds is 3. The van der Waals surface area contributed by atoms with E-state index in [2.05, 4.69) is 40.2 Å². The maximum Gasteiger partial charge on any atom is 0.246 e. The van der Waals surface area contributed by atoms with Crippen LogP contribution in [-0.2, 0) is 10.0 Å². The highest BCUT2D eigenvalue weighted by molar-refractivity contribution is 9.10. The Morgan fingerprint density at radius 1 is 1.40 bits per heavy atom. The number of nitrogen functional groups attached to an aromatic ring is 1. The van der Waals surface area contributed by atoms with Crippen molar-refractivity contribution in [2.45, 2.75) is 25.2 Å². The smallest absolute Gasteiger partial charge is 0.246 e. The number of pyridine rings is 1. The summed E-state index contributed by atoms with van der Waals surface area (Å²) in [6, 6.07) is 1.53. The molecule has 2 heterocycles. The van der Waals surface area contributed by atoms with Crippen LogP contribution in [0.5, 0.6) is 0 Å². The first kappa shape index (κ1) is 15.7. The molecule has 2 unspecified atom stereocenters. The summed E-state index contributed by atoms with van der Waals surface area (Å²) in [6.07, 6.45) is 2.56. The lowest BCUT2D eigenvalue weighted by molar-refractivity contribution is 0.222. The Morgan fingerprint density at radius 3 is 2.55 bits per heavy atom. The van der Waals surface area contributed by atoms with Gasteiger partial charge in [0.15, 0.2) is 5.82 Å². The molecule has 0 saturated carbocycles. The van der Waals surface area contributed by atoms with Gasteiger partial charge in [-0.3, -0.25) is 0 Å². The number of hydrogen-bond acceptors (Lipinski definition) is 5. The second-order valence-electron chi connectivity index (χ2n) is 5.41. The van der Waals surface area contributed by atoms with Crippen molar-refractivity contribution >= 4 is 31.8 Å². The molecule has 3 N–H and O–H groups in total. The first-order chi connectivity index (χ1) is 9.34. The zero-order valence-corrected chi connectivity index (χ0v) is 13.9. The van der Waals surface area contributed by atoms with E-state index in [0.29, 0.717) is 29.4 Å². The average Bonchev–Trinajstić information content (AvgIpc) is 2.37. The fraction of sp³-hybridized carbons (Fsp3) is 0.583. The normalized spacial score (nSPS) is 24.6. The van der Waals surface area contributed by atoms with Crippen molar-refractivity contribution < 1.29 is 8.42 Å². The molecule has 1 aliphatic heterocycles. The van der Waals surface area contributed by atoms with Crippen LogP contribution in [0, 0.1) is 11.8 Å². The first-order valence-corrected chi connectivity index (χ1v) is 8.70. The zero-order valence-electron chi connectivity index (χ0n) is 11.5. The molecule has 1 aromatic heterocycles. The number of sulfonamides is 1. The molecule has 1 saturated heterocycles. The molecule has 20 heavy (non-hydrogen) atoms. The van der Waals surface area contributed by atoms with Gasteiger partial charge in [0.05, 0.1) is 0 Å². The van der Waals surface area contributed by atoms with Crippen LogP contribution in [0.2, 0.25) is 0 Å². The SMILES string of the molecule is CC1CC(C)CN(S(=O)(=O)c2cc(Br)cnc2NN)C1. The summed E-state index contributed by atoms with van der Waals surface area (Å²) < 4.78 is 27.7. The Kier molecular flexibility index (Phi) is 4.68. The number of hydrogen-bond donors (Lipinski definition) is 2. The quantitative estimate of drug-likeness (QED) is 0.632. The average molecular weight is 363 g/mol. The van der Waals surface area contributed by atoms with Crippen molar-refractivity contribution in [3.05, 3.63) is 16.7 Å². The highest BCUT2D eigenvalue weighted by atomic mass is 79.9. The zero-order chi connectivity index (χ0) is 14.9. The third kappa shape index (κ3) is 3.13. The fourth-order valence-electron chi connectivity index (χ4n) is 2.67. The van der Waals surface area contributed by atoms with E-state index in [1.54, 1.807) is 0 Å². The van der Waals surface area contributed by atoms with Crippen LogP contribution in [0.25, 0.3) is 0 Å². The van der Waals surface area contributed by atoms with E-state index in [9.17, 15) is 8.42 Å². The Balaban J connectivity index is 2.42. The molecule has 0 aromatic carbocycles. The maximum absolute atomic E-state index is 12.8. The molecule has 1 aromatic rings. The van der Waals surface area contributed by atoms with Gasteiger partial charge in [-0.25, -0.2) is 19.2 Å². The van der Waals surface area contributed by atoms with Crippen molar-refractivity contribution in [2.75, 3.05) is 18.5 Å². The van der Waals surface area contributed by atoms with Crippen LogP contribution < -0.4 is 11.3 Å². The minimum absolute atomic E-state index is 0.107. The van der Waals surface area contributed by atoms with Gasteiger partial charge in [0.2, 0.25) is 10.0 Å². The highest BCUT2D eigenvalue weighted by Crippen LogP contribution is 2.30. The molecule has 0 amide bonds. The van der Waals surface area contributed by atoms with Gasteiger partial charge in [0, 0.05) is 23.8 Å². The lowest BCUT2D eigenvalue weighted by Gasteiger charge is -2.34. The number of halogens is 1. The highest BCUT2D eigenvalue weighted by Gasteiger charge is 2.33. The van der Waals surface area contributed by atoms with E-state index in [4.69, 9.17) is 5.84 Å². The van der Waals surface area contributed by atoms with Crippen LogP contribution in [0.3, 0.4) is 0 Å². The largest absolute Gasteiger partial charge is 0.307 e. The Labute approximate surface area is 127 Å². The van der Waals surface area contributed by atoms with E-state index >= 15 is 0 Å². The molecule has 0 spiro atoms. The molecule has 112 valence electrons. The lowest BCUT2D eigenvalue weighted by Crippen LogP contribution is -2.42. The lowest BCUT2D eigenvalue weighted by atomic mass is 9.94. The molecule has 0 bridgehead atoms. The van der Waals surface area contributed by atoms with Crippen molar-refractivity contribution in [3.8, 4) is 0 Å². The molecule has 8 heteroatoms. The second-order valence-corrected chi connectivity index (χ2v) is 8.23. The minimum atomic E-state index is -3.59. The number of nitrogens with zero attached hydrogens (tertiary/aromatic N) is 2. The topological polar surface area (TPSA) is 88.3 Å². The monoisotopic (exact) mass is 362 g/mol. The molecular formula is C12H19BrN4O2S. The predicted molar refractivity (Wildman–Crippen MR) is 81.5 cm³/mol. The fourth-order valence-corrected chi connectivity index (χ4v) is 4.96. The summed E-state index contributed by atoms with van der Waals surface area (Å²) >= 11 is 3.25. The van der Waals surface area contributed by atoms with E-state index < -0.39 is 10.0 Å². The second kappa shape index (κ2) is 5.97. The van der Waals surface area contributed by atoms with Crippen LogP contribution in [0.15, 0.2) is 21.6 Å². The maximum atomic E-state index is 12.8. The predicted octanol–water partition coefficient (Wildman–Crippen LogP) is 1.80. The van der Waals surface area contributed by atoms with Crippen molar-refractivity contribution in [2.24, 2.45) is 17.7 Å². The number of anilines is 1.